The lowest BCUT2D eigenvalue weighted by molar-refractivity contribution is 0.793. The molecule has 0 saturated carbocycles. The Morgan fingerprint density at radius 3 is 3.00 bits per heavy atom. The Kier molecular flexibility index (Phi) is 3.24. The Labute approximate surface area is 97.6 Å². The first-order chi connectivity index (χ1) is 7.28. The van der Waals surface area contributed by atoms with Crippen molar-refractivity contribution in [3.8, 4) is 6.07 Å². The number of anilines is 1. The molecule has 1 heterocycles. The van der Waals surface area contributed by atoms with Crippen molar-refractivity contribution >= 4 is 21.6 Å². The molecule has 2 N–H and O–H groups in total. The Morgan fingerprint density at radius 2 is 2.33 bits per heavy atom. The minimum absolute atomic E-state index is 0.478. The van der Waals surface area contributed by atoms with Crippen molar-refractivity contribution in [2.24, 2.45) is 0 Å². The van der Waals surface area contributed by atoms with Gasteiger partial charge < -0.3 is 10.6 Å². The Balaban J connectivity index is 2.13. The lowest BCUT2D eigenvalue weighted by Gasteiger charge is -2.13. The van der Waals surface area contributed by atoms with Gasteiger partial charge in [-0.3, -0.25) is 0 Å². The molecule has 0 radical (unpaired) electrons. The topological polar surface area (TPSA) is 47.9 Å². The van der Waals surface area contributed by atoms with Crippen molar-refractivity contribution in [2.75, 3.05) is 18.4 Å². The van der Waals surface area contributed by atoms with Crippen LogP contribution in [-0.2, 0) is 0 Å². The molecule has 1 fully saturated rings. The molecule has 15 heavy (non-hydrogen) atoms. The summed E-state index contributed by atoms with van der Waals surface area (Å²) in [6.07, 6.45) is 1.13. The van der Waals surface area contributed by atoms with Crippen LogP contribution in [0, 0.1) is 11.3 Å². The maximum Gasteiger partial charge on any atom is 0.0992 e. The summed E-state index contributed by atoms with van der Waals surface area (Å²) in [7, 11) is 0. The molecular formula is C11H12BrN3. The molecule has 1 aromatic rings. The van der Waals surface area contributed by atoms with E-state index in [4.69, 9.17) is 5.26 Å². The number of benzene rings is 1. The van der Waals surface area contributed by atoms with Crippen LogP contribution in [0.4, 0.5) is 5.69 Å². The van der Waals surface area contributed by atoms with Crippen LogP contribution in [0.5, 0.6) is 0 Å². The predicted octanol–water partition coefficient (Wildman–Crippen LogP) is 2.09. The van der Waals surface area contributed by atoms with E-state index in [0.29, 0.717) is 11.6 Å². The van der Waals surface area contributed by atoms with Gasteiger partial charge in [0.15, 0.2) is 0 Å². The van der Waals surface area contributed by atoms with Crippen LogP contribution in [-0.4, -0.2) is 19.1 Å². The highest BCUT2D eigenvalue weighted by molar-refractivity contribution is 9.10. The molecule has 1 aromatic carbocycles. The third-order valence-corrected chi connectivity index (χ3v) is 2.92. The fraction of sp³-hybridized carbons (Fsp3) is 0.364. The zero-order valence-electron chi connectivity index (χ0n) is 8.26. The molecule has 0 spiro atoms. The molecule has 3 nitrogen and oxygen atoms in total. The standard InChI is InChI=1S/C11H12BrN3/c12-9-3-8(6-13)4-11(5-9)15-10-1-2-14-7-10/h3-5,10,14-15H,1-2,7H2. The third kappa shape index (κ3) is 2.71. The number of nitrogens with zero attached hydrogens (tertiary/aromatic N) is 1. The number of nitriles is 1. The third-order valence-electron chi connectivity index (χ3n) is 2.46. The minimum atomic E-state index is 0.478. The Morgan fingerprint density at radius 1 is 1.47 bits per heavy atom. The SMILES string of the molecule is N#Cc1cc(Br)cc(NC2CCNC2)c1. The monoisotopic (exact) mass is 265 g/mol. The second-order valence-corrected chi connectivity index (χ2v) is 4.59. The molecule has 0 aliphatic carbocycles. The maximum atomic E-state index is 8.84. The largest absolute Gasteiger partial charge is 0.381 e. The smallest absolute Gasteiger partial charge is 0.0992 e. The van der Waals surface area contributed by atoms with Gasteiger partial charge in [0.1, 0.15) is 0 Å². The normalized spacial score (nSPS) is 19.9. The van der Waals surface area contributed by atoms with E-state index in [-0.39, 0.29) is 0 Å². The van der Waals surface area contributed by atoms with Crippen LogP contribution in [0.3, 0.4) is 0 Å². The van der Waals surface area contributed by atoms with Crippen molar-refractivity contribution in [2.45, 2.75) is 12.5 Å². The average Bonchev–Trinajstić information content (AvgIpc) is 2.69. The number of halogens is 1. The van der Waals surface area contributed by atoms with Crippen molar-refractivity contribution < 1.29 is 0 Å². The summed E-state index contributed by atoms with van der Waals surface area (Å²) in [4.78, 5) is 0. The van der Waals surface area contributed by atoms with Gasteiger partial charge in [0.25, 0.3) is 0 Å². The van der Waals surface area contributed by atoms with Gasteiger partial charge >= 0.3 is 0 Å². The summed E-state index contributed by atoms with van der Waals surface area (Å²) in [5.41, 5.74) is 1.69. The molecule has 0 amide bonds. The van der Waals surface area contributed by atoms with Crippen LogP contribution in [0.25, 0.3) is 0 Å². The summed E-state index contributed by atoms with van der Waals surface area (Å²) in [5, 5.41) is 15.5. The maximum absolute atomic E-state index is 8.84. The molecule has 1 atom stereocenters. The van der Waals surface area contributed by atoms with Crippen molar-refractivity contribution in [1.82, 2.24) is 5.32 Å². The van der Waals surface area contributed by atoms with Crippen LogP contribution in [0.15, 0.2) is 22.7 Å². The molecule has 2 rings (SSSR count). The highest BCUT2D eigenvalue weighted by atomic mass is 79.9. The summed E-state index contributed by atoms with van der Waals surface area (Å²) < 4.78 is 0.940. The Bertz CT molecular complexity index is 391. The van der Waals surface area contributed by atoms with E-state index in [2.05, 4.69) is 32.6 Å². The first kappa shape index (κ1) is 10.5. The van der Waals surface area contributed by atoms with Crippen LogP contribution >= 0.6 is 15.9 Å². The van der Waals surface area contributed by atoms with Gasteiger partial charge in [-0.1, -0.05) is 15.9 Å². The molecule has 4 heteroatoms. The molecule has 1 aliphatic heterocycles. The highest BCUT2D eigenvalue weighted by Crippen LogP contribution is 2.20. The van der Waals surface area contributed by atoms with Gasteiger partial charge in [-0.2, -0.15) is 5.26 Å². The lowest BCUT2D eigenvalue weighted by Crippen LogP contribution is -2.22. The van der Waals surface area contributed by atoms with E-state index in [1.807, 2.05) is 18.2 Å². The van der Waals surface area contributed by atoms with Gasteiger partial charge in [0.05, 0.1) is 11.6 Å². The van der Waals surface area contributed by atoms with Gasteiger partial charge in [-0.15, -0.1) is 0 Å². The molecule has 0 aromatic heterocycles. The highest BCUT2D eigenvalue weighted by Gasteiger charge is 2.13. The van der Waals surface area contributed by atoms with Gasteiger partial charge in [-0.05, 0) is 31.2 Å². The van der Waals surface area contributed by atoms with E-state index < -0.39 is 0 Å². The van der Waals surface area contributed by atoms with Crippen LogP contribution in [0.1, 0.15) is 12.0 Å². The number of nitrogens with one attached hydrogen (secondary N) is 2. The first-order valence-corrected chi connectivity index (χ1v) is 5.75. The summed E-state index contributed by atoms with van der Waals surface area (Å²) in [6.45, 7) is 2.06. The van der Waals surface area contributed by atoms with Gasteiger partial charge in [-0.25, -0.2) is 0 Å². The van der Waals surface area contributed by atoms with E-state index in [1.165, 1.54) is 0 Å². The van der Waals surface area contributed by atoms with Crippen LogP contribution in [0.2, 0.25) is 0 Å². The molecule has 78 valence electrons. The zero-order valence-corrected chi connectivity index (χ0v) is 9.84. The number of rotatable bonds is 2. The minimum Gasteiger partial charge on any atom is -0.381 e. The van der Waals surface area contributed by atoms with Crippen molar-refractivity contribution in [1.29, 1.82) is 5.26 Å². The van der Waals surface area contributed by atoms with Crippen molar-refractivity contribution in [3.05, 3.63) is 28.2 Å². The average molecular weight is 266 g/mol. The first-order valence-electron chi connectivity index (χ1n) is 4.96. The fourth-order valence-electron chi connectivity index (χ4n) is 1.75. The van der Waals surface area contributed by atoms with E-state index in [1.54, 1.807) is 0 Å². The van der Waals surface area contributed by atoms with Crippen LogP contribution < -0.4 is 10.6 Å². The molecule has 0 bridgehead atoms. The quantitative estimate of drug-likeness (QED) is 0.861. The summed E-state index contributed by atoms with van der Waals surface area (Å²) in [5.74, 6) is 0. The van der Waals surface area contributed by atoms with Gasteiger partial charge in [0.2, 0.25) is 0 Å². The molecular weight excluding hydrogens is 254 g/mol. The summed E-state index contributed by atoms with van der Waals surface area (Å²) in [6, 6.07) is 8.32. The van der Waals surface area contributed by atoms with E-state index in [9.17, 15) is 0 Å². The molecule has 1 aliphatic rings. The number of hydrogen-bond donors (Lipinski definition) is 2. The Hall–Kier alpha value is -1.05. The second-order valence-electron chi connectivity index (χ2n) is 3.67. The molecule has 1 saturated heterocycles. The zero-order chi connectivity index (χ0) is 10.7. The second kappa shape index (κ2) is 4.65. The van der Waals surface area contributed by atoms with Gasteiger partial charge in [0, 0.05) is 22.7 Å². The van der Waals surface area contributed by atoms with E-state index in [0.717, 1.165) is 29.7 Å². The number of hydrogen-bond acceptors (Lipinski definition) is 3. The predicted molar refractivity (Wildman–Crippen MR) is 63.8 cm³/mol. The van der Waals surface area contributed by atoms with E-state index >= 15 is 0 Å². The molecule has 1 unspecified atom stereocenters. The van der Waals surface area contributed by atoms with Crippen molar-refractivity contribution in [3.63, 3.8) is 0 Å². The fourth-order valence-corrected chi connectivity index (χ4v) is 2.24. The summed E-state index contributed by atoms with van der Waals surface area (Å²) >= 11 is 3.40. The lowest BCUT2D eigenvalue weighted by atomic mass is 10.2.